The van der Waals surface area contributed by atoms with Crippen molar-refractivity contribution in [2.45, 2.75) is 33.1 Å². The zero-order valence-electron chi connectivity index (χ0n) is 20.8. The summed E-state index contributed by atoms with van der Waals surface area (Å²) >= 11 is 0. The molecule has 38 heavy (non-hydrogen) atoms. The van der Waals surface area contributed by atoms with Crippen molar-refractivity contribution >= 4 is 39.7 Å². The lowest BCUT2D eigenvalue weighted by molar-refractivity contribution is -0.189. The van der Waals surface area contributed by atoms with Crippen LogP contribution in [0.1, 0.15) is 19.5 Å². The van der Waals surface area contributed by atoms with E-state index in [0.29, 0.717) is 28.1 Å². The lowest BCUT2D eigenvalue weighted by atomic mass is 10.1. The Labute approximate surface area is 212 Å². The van der Waals surface area contributed by atoms with Gasteiger partial charge in [0.05, 0.1) is 31.5 Å². The first-order valence-corrected chi connectivity index (χ1v) is 11.1. The van der Waals surface area contributed by atoms with E-state index in [1.54, 1.807) is 32.9 Å². The van der Waals surface area contributed by atoms with Crippen molar-refractivity contribution in [2.24, 2.45) is 0 Å². The fraction of sp³-hybridized carbons (Fsp3) is 0.292. The van der Waals surface area contributed by atoms with Gasteiger partial charge >= 0.3 is 12.1 Å². The maximum absolute atomic E-state index is 13.0. The van der Waals surface area contributed by atoms with E-state index in [1.807, 2.05) is 0 Å². The maximum atomic E-state index is 13.0. The highest BCUT2D eigenvalue weighted by Crippen LogP contribution is 2.36. The smallest absolute Gasteiger partial charge is 0.491 e. The van der Waals surface area contributed by atoms with E-state index in [1.165, 1.54) is 20.3 Å². The largest absolute Gasteiger partial charge is 0.497 e. The normalized spacial score (nSPS) is 11.6. The zero-order valence-corrected chi connectivity index (χ0v) is 20.8. The van der Waals surface area contributed by atoms with Gasteiger partial charge in [0.1, 0.15) is 22.4 Å². The number of nitrogens with one attached hydrogen (secondary N) is 2. The summed E-state index contributed by atoms with van der Waals surface area (Å²) in [5.41, 5.74) is 0.355. The molecule has 2 N–H and O–H groups in total. The molecule has 0 aliphatic carbocycles. The molecule has 0 radical (unpaired) electrons. The maximum Gasteiger partial charge on any atom is 0.491 e. The standard InChI is InChI=1S/C24H22F3N5O6/c1-10(2)37-19-15(38-21(34)24(25,26)27)7-6-14-17(19)20(33)31-23(29-14)32-22-28-11(3)13-8-12(35-4)9-16(36-5)18(13)30-22/h6-10H,1-5H3,(H2,28,29,30,31,32,33). The number of anilines is 2. The van der Waals surface area contributed by atoms with E-state index < -0.39 is 29.6 Å². The third-order valence-electron chi connectivity index (χ3n) is 5.19. The van der Waals surface area contributed by atoms with Gasteiger partial charge in [-0.3, -0.25) is 15.1 Å². The molecule has 0 aliphatic rings. The zero-order chi connectivity index (χ0) is 27.8. The van der Waals surface area contributed by atoms with Crippen molar-refractivity contribution in [3.63, 3.8) is 0 Å². The van der Waals surface area contributed by atoms with E-state index in [2.05, 4.69) is 30.0 Å². The van der Waals surface area contributed by atoms with Gasteiger partial charge in [0, 0.05) is 11.5 Å². The summed E-state index contributed by atoms with van der Waals surface area (Å²) in [5.74, 6) is -2.35. The van der Waals surface area contributed by atoms with Crippen LogP contribution in [0, 0.1) is 6.92 Å². The Kier molecular flexibility index (Phi) is 6.98. The number of aromatic amines is 1. The van der Waals surface area contributed by atoms with E-state index in [-0.39, 0.29) is 28.5 Å². The van der Waals surface area contributed by atoms with Gasteiger partial charge in [-0.2, -0.15) is 13.2 Å². The van der Waals surface area contributed by atoms with Gasteiger partial charge in [-0.25, -0.2) is 19.7 Å². The number of carbonyl (C=O) groups excluding carboxylic acids is 1. The molecular weight excluding hydrogens is 511 g/mol. The molecule has 0 aliphatic heterocycles. The van der Waals surface area contributed by atoms with Crippen LogP contribution in [-0.2, 0) is 4.79 Å². The molecule has 0 saturated carbocycles. The molecule has 2 aromatic heterocycles. The molecule has 4 rings (SSSR count). The molecule has 0 amide bonds. The van der Waals surface area contributed by atoms with Crippen LogP contribution in [0.3, 0.4) is 0 Å². The van der Waals surface area contributed by atoms with Gasteiger partial charge in [0.15, 0.2) is 11.5 Å². The summed E-state index contributed by atoms with van der Waals surface area (Å²) in [6.07, 6.45) is -5.81. The summed E-state index contributed by atoms with van der Waals surface area (Å²) < 4.78 is 59.0. The fourth-order valence-electron chi connectivity index (χ4n) is 3.59. The number of carbonyl (C=O) groups is 1. The highest BCUT2D eigenvalue weighted by Gasteiger charge is 2.42. The number of fused-ring (bicyclic) bond motifs is 2. The molecule has 0 atom stereocenters. The number of benzene rings is 2. The highest BCUT2D eigenvalue weighted by molar-refractivity contribution is 5.91. The highest BCUT2D eigenvalue weighted by atomic mass is 19.4. The van der Waals surface area contributed by atoms with Gasteiger partial charge in [-0.1, -0.05) is 0 Å². The summed E-state index contributed by atoms with van der Waals surface area (Å²) in [6.45, 7) is 4.94. The van der Waals surface area contributed by atoms with Crippen LogP contribution in [0.25, 0.3) is 21.8 Å². The van der Waals surface area contributed by atoms with Crippen molar-refractivity contribution in [2.75, 3.05) is 19.5 Å². The predicted octanol–water partition coefficient (Wildman–Crippen LogP) is 4.19. The molecule has 0 saturated heterocycles. The van der Waals surface area contributed by atoms with Crippen LogP contribution in [0.5, 0.6) is 23.0 Å². The van der Waals surface area contributed by atoms with Gasteiger partial charge in [-0.05, 0) is 39.0 Å². The van der Waals surface area contributed by atoms with Crippen molar-refractivity contribution in [3.05, 3.63) is 40.3 Å². The SMILES string of the molecule is COc1cc(OC)c2nc(Nc3nc4ccc(OC(=O)C(F)(F)F)c(OC(C)C)c4c(=O)[nH]3)nc(C)c2c1. The first-order valence-electron chi connectivity index (χ1n) is 11.1. The summed E-state index contributed by atoms with van der Waals surface area (Å²) in [5, 5.41) is 3.30. The number of halogens is 3. The molecule has 14 heteroatoms. The molecule has 0 fully saturated rings. The molecule has 0 unspecified atom stereocenters. The Morgan fingerprint density at radius 3 is 2.42 bits per heavy atom. The average molecular weight is 533 g/mol. The van der Waals surface area contributed by atoms with Gasteiger partial charge in [0.2, 0.25) is 11.9 Å². The second kappa shape index (κ2) is 10.0. The third-order valence-corrected chi connectivity index (χ3v) is 5.19. The van der Waals surface area contributed by atoms with Crippen molar-refractivity contribution in [3.8, 4) is 23.0 Å². The Morgan fingerprint density at radius 2 is 1.79 bits per heavy atom. The number of aryl methyl sites for hydroxylation is 1. The van der Waals surface area contributed by atoms with Crippen LogP contribution in [0.15, 0.2) is 29.1 Å². The van der Waals surface area contributed by atoms with Crippen LogP contribution < -0.4 is 29.8 Å². The summed E-state index contributed by atoms with van der Waals surface area (Å²) in [4.78, 5) is 40.1. The topological polar surface area (TPSA) is 138 Å². The van der Waals surface area contributed by atoms with Crippen molar-refractivity contribution < 1.29 is 36.9 Å². The third kappa shape index (κ3) is 5.23. The van der Waals surface area contributed by atoms with Crippen LogP contribution in [0.2, 0.25) is 0 Å². The van der Waals surface area contributed by atoms with E-state index in [0.717, 1.165) is 6.07 Å². The number of nitrogens with zero attached hydrogens (tertiary/aromatic N) is 3. The number of hydrogen-bond donors (Lipinski definition) is 2. The molecule has 200 valence electrons. The molecule has 2 heterocycles. The minimum absolute atomic E-state index is 0.0516. The lowest BCUT2D eigenvalue weighted by Crippen LogP contribution is -2.28. The second-order valence-electron chi connectivity index (χ2n) is 8.24. The number of hydrogen-bond acceptors (Lipinski definition) is 10. The molecule has 4 aromatic rings. The second-order valence-corrected chi connectivity index (χ2v) is 8.24. The summed E-state index contributed by atoms with van der Waals surface area (Å²) in [7, 11) is 3.01. The minimum Gasteiger partial charge on any atom is -0.497 e. The van der Waals surface area contributed by atoms with Crippen molar-refractivity contribution in [1.29, 1.82) is 0 Å². The Balaban J connectivity index is 1.78. The van der Waals surface area contributed by atoms with E-state index >= 15 is 0 Å². The number of esters is 1. The number of aromatic nitrogens is 4. The van der Waals surface area contributed by atoms with Gasteiger partial charge in [0.25, 0.3) is 5.56 Å². The number of alkyl halides is 3. The van der Waals surface area contributed by atoms with Crippen LogP contribution in [-0.4, -0.2) is 52.4 Å². The lowest BCUT2D eigenvalue weighted by Gasteiger charge is -2.17. The number of ether oxygens (including phenoxy) is 4. The Hall–Kier alpha value is -4.62. The number of methoxy groups -OCH3 is 2. The average Bonchev–Trinajstić information content (AvgIpc) is 2.83. The van der Waals surface area contributed by atoms with E-state index in [9.17, 15) is 22.8 Å². The Bertz CT molecular complexity index is 1600. The van der Waals surface area contributed by atoms with Gasteiger partial charge in [-0.15, -0.1) is 0 Å². The van der Waals surface area contributed by atoms with Crippen molar-refractivity contribution in [1.82, 2.24) is 19.9 Å². The molecule has 11 nitrogen and oxygen atoms in total. The number of H-pyrrole nitrogens is 1. The fourth-order valence-corrected chi connectivity index (χ4v) is 3.59. The van der Waals surface area contributed by atoms with E-state index in [4.69, 9.17) is 14.2 Å². The van der Waals surface area contributed by atoms with Crippen LogP contribution in [0.4, 0.5) is 25.1 Å². The molecule has 0 spiro atoms. The summed E-state index contributed by atoms with van der Waals surface area (Å²) in [6, 6.07) is 5.71. The first kappa shape index (κ1) is 26.4. The first-order chi connectivity index (χ1) is 17.9. The van der Waals surface area contributed by atoms with Gasteiger partial charge < -0.3 is 18.9 Å². The van der Waals surface area contributed by atoms with Crippen LogP contribution >= 0.6 is 0 Å². The molecular formula is C24H22F3N5O6. The molecule has 2 aromatic carbocycles. The molecule has 0 bridgehead atoms. The minimum atomic E-state index is -5.24. The Morgan fingerprint density at radius 1 is 1.05 bits per heavy atom. The number of rotatable bonds is 7. The predicted molar refractivity (Wildman–Crippen MR) is 130 cm³/mol. The monoisotopic (exact) mass is 533 g/mol. The quantitative estimate of drug-likeness (QED) is 0.263.